The summed E-state index contributed by atoms with van der Waals surface area (Å²) < 4.78 is 0. The molecule has 2 amide bonds. The lowest BCUT2D eigenvalue weighted by Gasteiger charge is -2.24. The van der Waals surface area contributed by atoms with Gasteiger partial charge in [-0.05, 0) is 37.1 Å². The molecule has 0 atom stereocenters. The summed E-state index contributed by atoms with van der Waals surface area (Å²) in [7, 11) is 1.61. The molecule has 0 saturated carbocycles. The zero-order valence-corrected chi connectivity index (χ0v) is 13.7. The standard InChI is InChI=1S/C19H22N2O2/c1-19(2,15-7-5-4-6-8-15)18(23)21-16-11-9-14(10-12-16)13-17(22)20-3/h4-12H,13H2,1-3H3,(H,20,22)(H,21,23). The Labute approximate surface area is 136 Å². The molecule has 0 unspecified atom stereocenters. The van der Waals surface area contributed by atoms with Crippen LogP contribution in [0.5, 0.6) is 0 Å². The monoisotopic (exact) mass is 310 g/mol. The van der Waals surface area contributed by atoms with Crippen LogP contribution in [0, 0.1) is 0 Å². The minimum Gasteiger partial charge on any atom is -0.359 e. The van der Waals surface area contributed by atoms with Crippen molar-refractivity contribution in [2.45, 2.75) is 25.7 Å². The summed E-state index contributed by atoms with van der Waals surface area (Å²) in [5, 5.41) is 5.53. The Morgan fingerprint density at radius 3 is 2.13 bits per heavy atom. The lowest BCUT2D eigenvalue weighted by Crippen LogP contribution is -2.34. The number of carbonyl (C=O) groups is 2. The first-order chi connectivity index (χ1) is 10.9. The van der Waals surface area contributed by atoms with Crippen molar-refractivity contribution in [1.82, 2.24) is 5.32 Å². The molecule has 0 saturated heterocycles. The summed E-state index contributed by atoms with van der Waals surface area (Å²) in [5.74, 6) is -0.102. The van der Waals surface area contributed by atoms with E-state index in [0.717, 1.165) is 16.8 Å². The van der Waals surface area contributed by atoms with Crippen LogP contribution >= 0.6 is 0 Å². The minimum atomic E-state index is -0.623. The maximum absolute atomic E-state index is 12.6. The van der Waals surface area contributed by atoms with E-state index in [1.807, 2.05) is 68.4 Å². The number of nitrogens with one attached hydrogen (secondary N) is 2. The van der Waals surface area contributed by atoms with E-state index in [1.54, 1.807) is 7.05 Å². The highest BCUT2D eigenvalue weighted by Crippen LogP contribution is 2.25. The molecule has 120 valence electrons. The molecule has 0 spiro atoms. The van der Waals surface area contributed by atoms with Crippen LogP contribution in [-0.2, 0) is 21.4 Å². The van der Waals surface area contributed by atoms with Crippen LogP contribution in [0.25, 0.3) is 0 Å². The largest absolute Gasteiger partial charge is 0.359 e. The van der Waals surface area contributed by atoms with Gasteiger partial charge in [0.15, 0.2) is 0 Å². The molecule has 2 aromatic rings. The van der Waals surface area contributed by atoms with Gasteiger partial charge in [-0.25, -0.2) is 0 Å². The minimum absolute atomic E-state index is 0.0352. The van der Waals surface area contributed by atoms with Crippen molar-refractivity contribution in [2.24, 2.45) is 0 Å². The van der Waals surface area contributed by atoms with Gasteiger partial charge in [0.05, 0.1) is 11.8 Å². The molecule has 0 radical (unpaired) electrons. The van der Waals surface area contributed by atoms with Crippen molar-refractivity contribution in [3.63, 3.8) is 0 Å². The zero-order valence-electron chi connectivity index (χ0n) is 13.7. The number of rotatable bonds is 5. The number of anilines is 1. The molecule has 0 aromatic heterocycles. The molecule has 0 aliphatic rings. The summed E-state index contributed by atoms with van der Waals surface area (Å²) in [4.78, 5) is 23.9. The highest BCUT2D eigenvalue weighted by Gasteiger charge is 2.29. The lowest BCUT2D eigenvalue weighted by molar-refractivity contribution is -0.121. The first kappa shape index (κ1) is 16.7. The normalized spacial score (nSPS) is 10.9. The number of carbonyl (C=O) groups excluding carboxylic acids is 2. The van der Waals surface area contributed by atoms with E-state index in [1.165, 1.54) is 0 Å². The molecule has 2 N–H and O–H groups in total. The van der Waals surface area contributed by atoms with Crippen molar-refractivity contribution in [3.8, 4) is 0 Å². The Bertz CT molecular complexity index is 676. The number of hydrogen-bond donors (Lipinski definition) is 2. The van der Waals surface area contributed by atoms with Gasteiger partial charge in [0, 0.05) is 12.7 Å². The predicted molar refractivity (Wildman–Crippen MR) is 92.3 cm³/mol. The van der Waals surface area contributed by atoms with Crippen molar-refractivity contribution in [3.05, 3.63) is 65.7 Å². The summed E-state index contributed by atoms with van der Waals surface area (Å²) in [6.45, 7) is 3.80. The molecule has 0 aliphatic heterocycles. The van der Waals surface area contributed by atoms with E-state index in [0.29, 0.717) is 6.42 Å². The second-order valence-electron chi connectivity index (χ2n) is 5.99. The third-order valence-corrected chi connectivity index (χ3v) is 3.92. The fraction of sp³-hybridized carbons (Fsp3) is 0.263. The second kappa shape index (κ2) is 7.09. The fourth-order valence-electron chi connectivity index (χ4n) is 2.25. The number of benzene rings is 2. The van der Waals surface area contributed by atoms with Gasteiger partial charge in [-0.3, -0.25) is 9.59 Å². The van der Waals surface area contributed by atoms with E-state index in [2.05, 4.69) is 10.6 Å². The maximum atomic E-state index is 12.6. The van der Waals surface area contributed by atoms with Gasteiger partial charge in [-0.1, -0.05) is 42.5 Å². The molecular formula is C19H22N2O2. The van der Waals surface area contributed by atoms with Crippen molar-refractivity contribution in [1.29, 1.82) is 0 Å². The molecule has 0 bridgehead atoms. The highest BCUT2D eigenvalue weighted by molar-refractivity contribution is 5.98. The van der Waals surface area contributed by atoms with E-state index in [9.17, 15) is 9.59 Å². The Balaban J connectivity index is 2.07. The lowest BCUT2D eigenvalue weighted by atomic mass is 9.83. The molecule has 0 fully saturated rings. The Kier molecular flexibility index (Phi) is 5.16. The molecule has 23 heavy (non-hydrogen) atoms. The summed E-state index contributed by atoms with van der Waals surface area (Å²) in [6.07, 6.45) is 0.334. The smallest absolute Gasteiger partial charge is 0.234 e. The van der Waals surface area contributed by atoms with Gasteiger partial charge >= 0.3 is 0 Å². The van der Waals surface area contributed by atoms with Crippen molar-refractivity contribution >= 4 is 17.5 Å². The first-order valence-corrected chi connectivity index (χ1v) is 7.60. The summed E-state index contributed by atoms with van der Waals surface area (Å²) in [5.41, 5.74) is 1.97. The van der Waals surface area contributed by atoms with Crippen molar-refractivity contribution < 1.29 is 9.59 Å². The van der Waals surface area contributed by atoms with Crippen LogP contribution in [0.4, 0.5) is 5.69 Å². The SMILES string of the molecule is CNC(=O)Cc1ccc(NC(=O)C(C)(C)c2ccccc2)cc1. The maximum Gasteiger partial charge on any atom is 0.234 e. The predicted octanol–water partition coefficient (Wildman–Crippen LogP) is 2.89. The zero-order chi connectivity index (χ0) is 16.9. The number of amides is 2. The van der Waals surface area contributed by atoms with Crippen molar-refractivity contribution in [2.75, 3.05) is 12.4 Å². The average molecular weight is 310 g/mol. The molecule has 2 rings (SSSR count). The fourth-order valence-corrected chi connectivity index (χ4v) is 2.25. The van der Waals surface area contributed by atoms with E-state index in [-0.39, 0.29) is 11.8 Å². The van der Waals surface area contributed by atoms with Gasteiger partial charge < -0.3 is 10.6 Å². The molecule has 4 nitrogen and oxygen atoms in total. The van der Waals surface area contributed by atoms with Crippen LogP contribution in [0.15, 0.2) is 54.6 Å². The highest BCUT2D eigenvalue weighted by atomic mass is 16.2. The Morgan fingerprint density at radius 2 is 1.57 bits per heavy atom. The topological polar surface area (TPSA) is 58.2 Å². The summed E-state index contributed by atoms with van der Waals surface area (Å²) >= 11 is 0. The molecule has 2 aromatic carbocycles. The number of likely N-dealkylation sites (N-methyl/N-ethyl adjacent to an activating group) is 1. The third kappa shape index (κ3) is 4.19. The van der Waals surface area contributed by atoms with E-state index in [4.69, 9.17) is 0 Å². The molecule has 0 aliphatic carbocycles. The van der Waals surface area contributed by atoms with Crippen LogP contribution in [0.2, 0.25) is 0 Å². The van der Waals surface area contributed by atoms with Gasteiger partial charge in [0.2, 0.25) is 11.8 Å². The quantitative estimate of drug-likeness (QED) is 0.892. The van der Waals surface area contributed by atoms with Crippen LogP contribution in [0.1, 0.15) is 25.0 Å². The average Bonchev–Trinajstić information content (AvgIpc) is 2.57. The molecule has 0 heterocycles. The Morgan fingerprint density at radius 1 is 0.957 bits per heavy atom. The summed E-state index contributed by atoms with van der Waals surface area (Å²) in [6, 6.07) is 17.0. The molecular weight excluding hydrogens is 288 g/mol. The van der Waals surface area contributed by atoms with Gasteiger partial charge in [0.25, 0.3) is 0 Å². The van der Waals surface area contributed by atoms with E-state index >= 15 is 0 Å². The first-order valence-electron chi connectivity index (χ1n) is 7.60. The van der Waals surface area contributed by atoms with Gasteiger partial charge in [0.1, 0.15) is 0 Å². The van der Waals surface area contributed by atoms with Crippen LogP contribution in [0.3, 0.4) is 0 Å². The van der Waals surface area contributed by atoms with Gasteiger partial charge in [-0.15, -0.1) is 0 Å². The molecule has 4 heteroatoms. The van der Waals surface area contributed by atoms with E-state index < -0.39 is 5.41 Å². The van der Waals surface area contributed by atoms with Crippen LogP contribution in [-0.4, -0.2) is 18.9 Å². The third-order valence-electron chi connectivity index (χ3n) is 3.92. The Hall–Kier alpha value is -2.62. The number of hydrogen-bond acceptors (Lipinski definition) is 2. The second-order valence-corrected chi connectivity index (χ2v) is 5.99. The van der Waals surface area contributed by atoms with Gasteiger partial charge in [-0.2, -0.15) is 0 Å². The van der Waals surface area contributed by atoms with Crippen LogP contribution < -0.4 is 10.6 Å².